The number of carbonyl (C=O) groups is 2. The van der Waals surface area contributed by atoms with Crippen LogP contribution >= 0.6 is 0 Å². The van der Waals surface area contributed by atoms with Crippen LogP contribution in [-0.4, -0.2) is 34.5 Å². The molecule has 1 N–H and O–H groups in total. The second-order valence-corrected chi connectivity index (χ2v) is 5.50. The Hall–Kier alpha value is -1.78. The number of hydrogen-bond acceptors (Lipinski definition) is 3. The van der Waals surface area contributed by atoms with Crippen molar-refractivity contribution in [2.45, 2.75) is 46.1 Å². The highest BCUT2D eigenvalue weighted by molar-refractivity contribution is 5.92. The van der Waals surface area contributed by atoms with Gasteiger partial charge >= 0.3 is 5.97 Å². The van der Waals surface area contributed by atoms with Crippen molar-refractivity contribution in [2.75, 3.05) is 6.54 Å². The van der Waals surface area contributed by atoms with Crippen molar-refractivity contribution in [2.24, 2.45) is 5.92 Å². The highest BCUT2D eigenvalue weighted by Gasteiger charge is 2.36. The van der Waals surface area contributed by atoms with Gasteiger partial charge in [-0.2, -0.15) is 0 Å². The first-order valence-electron chi connectivity index (χ1n) is 7.07. The number of aliphatic carboxylic acids is 1. The molecule has 5 heteroatoms. The first kappa shape index (κ1) is 14.6. The molecule has 1 amide bonds. The Morgan fingerprint density at radius 2 is 2.15 bits per heavy atom. The second-order valence-electron chi connectivity index (χ2n) is 5.50. The predicted molar refractivity (Wildman–Crippen MR) is 73.7 cm³/mol. The fraction of sp³-hybridized carbons (Fsp3) is 0.600. The minimum absolute atomic E-state index is 0.166. The minimum atomic E-state index is -0.881. The molecule has 0 saturated heterocycles. The van der Waals surface area contributed by atoms with E-state index in [2.05, 4.69) is 0 Å². The van der Waals surface area contributed by atoms with Gasteiger partial charge in [0.25, 0.3) is 5.91 Å². The number of furan rings is 1. The maximum absolute atomic E-state index is 12.5. The molecule has 1 heterocycles. The fourth-order valence-electron chi connectivity index (χ4n) is 2.27. The van der Waals surface area contributed by atoms with Crippen LogP contribution in [0.5, 0.6) is 0 Å². The van der Waals surface area contributed by atoms with Crippen LogP contribution in [0.1, 0.15) is 48.6 Å². The average molecular weight is 279 g/mol. The third kappa shape index (κ3) is 3.03. The molecule has 1 aromatic heterocycles. The molecule has 0 aliphatic heterocycles. The molecule has 1 aliphatic rings. The van der Waals surface area contributed by atoms with E-state index in [0.717, 1.165) is 30.6 Å². The van der Waals surface area contributed by atoms with Gasteiger partial charge in [0.15, 0.2) is 5.76 Å². The zero-order valence-electron chi connectivity index (χ0n) is 12.2. The number of amides is 1. The third-order valence-corrected chi connectivity index (χ3v) is 3.69. The fourth-order valence-corrected chi connectivity index (χ4v) is 2.27. The SMILES string of the molecule is CCc1oc(C(=O)N(CC(C)C(=O)O)C2CC2)cc1C. The standard InChI is InChI=1S/C15H21NO4/c1-4-12-9(2)7-13(20-12)14(17)16(11-5-6-11)8-10(3)15(18)19/h7,10-11H,4-6,8H2,1-3H3,(H,18,19). The van der Waals surface area contributed by atoms with Gasteiger partial charge in [-0.05, 0) is 31.4 Å². The third-order valence-electron chi connectivity index (χ3n) is 3.69. The van der Waals surface area contributed by atoms with Crippen LogP contribution < -0.4 is 0 Å². The van der Waals surface area contributed by atoms with Gasteiger partial charge in [0, 0.05) is 19.0 Å². The van der Waals surface area contributed by atoms with E-state index >= 15 is 0 Å². The molecule has 2 rings (SSSR count). The van der Waals surface area contributed by atoms with Crippen molar-refractivity contribution in [1.29, 1.82) is 0 Å². The quantitative estimate of drug-likeness (QED) is 0.868. The van der Waals surface area contributed by atoms with Gasteiger partial charge in [-0.3, -0.25) is 9.59 Å². The first-order valence-corrected chi connectivity index (χ1v) is 7.07. The zero-order valence-corrected chi connectivity index (χ0v) is 12.2. The van der Waals surface area contributed by atoms with Gasteiger partial charge in [-0.15, -0.1) is 0 Å². The van der Waals surface area contributed by atoms with Gasteiger partial charge in [0.05, 0.1) is 5.92 Å². The number of hydrogen-bond donors (Lipinski definition) is 1. The van der Waals surface area contributed by atoms with Crippen molar-refractivity contribution in [3.05, 3.63) is 23.2 Å². The van der Waals surface area contributed by atoms with Gasteiger partial charge in [-0.1, -0.05) is 13.8 Å². The number of carboxylic acid groups (broad SMARTS) is 1. The lowest BCUT2D eigenvalue weighted by atomic mass is 10.1. The molecule has 5 nitrogen and oxygen atoms in total. The van der Waals surface area contributed by atoms with E-state index in [1.165, 1.54) is 0 Å². The van der Waals surface area contributed by atoms with E-state index in [0.29, 0.717) is 5.76 Å². The maximum atomic E-state index is 12.5. The van der Waals surface area contributed by atoms with Gasteiger partial charge in [-0.25, -0.2) is 0 Å². The lowest BCUT2D eigenvalue weighted by Gasteiger charge is -2.23. The van der Waals surface area contributed by atoms with E-state index in [1.54, 1.807) is 17.9 Å². The number of nitrogens with zero attached hydrogens (tertiary/aromatic N) is 1. The van der Waals surface area contributed by atoms with Crippen LogP contribution in [0, 0.1) is 12.8 Å². The smallest absolute Gasteiger partial charge is 0.308 e. The second kappa shape index (κ2) is 5.69. The highest BCUT2D eigenvalue weighted by atomic mass is 16.4. The number of rotatable bonds is 6. The van der Waals surface area contributed by atoms with Crippen molar-refractivity contribution >= 4 is 11.9 Å². The first-order chi connectivity index (χ1) is 9.43. The monoisotopic (exact) mass is 279 g/mol. The maximum Gasteiger partial charge on any atom is 0.308 e. The van der Waals surface area contributed by atoms with Crippen LogP contribution in [0.4, 0.5) is 0 Å². The molecule has 20 heavy (non-hydrogen) atoms. The zero-order chi connectivity index (χ0) is 14.9. The number of carbonyl (C=O) groups excluding carboxylic acids is 1. The highest BCUT2D eigenvalue weighted by Crippen LogP contribution is 2.30. The van der Waals surface area contributed by atoms with E-state index in [-0.39, 0.29) is 18.5 Å². The van der Waals surface area contributed by atoms with Crippen LogP contribution in [-0.2, 0) is 11.2 Å². The van der Waals surface area contributed by atoms with Crippen LogP contribution in [0.15, 0.2) is 10.5 Å². The molecule has 1 fully saturated rings. The van der Waals surface area contributed by atoms with Crippen LogP contribution in [0.2, 0.25) is 0 Å². The molecular weight excluding hydrogens is 258 g/mol. The molecular formula is C15H21NO4. The normalized spacial score (nSPS) is 15.9. The summed E-state index contributed by atoms with van der Waals surface area (Å²) < 4.78 is 5.59. The summed E-state index contributed by atoms with van der Waals surface area (Å²) in [6.07, 6.45) is 2.63. The molecule has 1 atom stereocenters. The Morgan fingerprint density at radius 1 is 1.50 bits per heavy atom. The Balaban J connectivity index is 2.16. The van der Waals surface area contributed by atoms with Crippen molar-refractivity contribution in [1.82, 2.24) is 4.90 Å². The Bertz CT molecular complexity index is 516. The van der Waals surface area contributed by atoms with Crippen molar-refractivity contribution < 1.29 is 19.1 Å². The molecule has 1 unspecified atom stereocenters. The van der Waals surface area contributed by atoms with E-state index < -0.39 is 11.9 Å². The largest absolute Gasteiger partial charge is 0.481 e. The summed E-state index contributed by atoms with van der Waals surface area (Å²) in [5.74, 6) is -0.503. The van der Waals surface area contributed by atoms with Crippen LogP contribution in [0.3, 0.4) is 0 Å². The average Bonchev–Trinajstić information content (AvgIpc) is 3.17. The Labute approximate surface area is 118 Å². The summed E-state index contributed by atoms with van der Waals surface area (Å²) in [7, 11) is 0. The molecule has 0 radical (unpaired) electrons. The minimum Gasteiger partial charge on any atom is -0.481 e. The van der Waals surface area contributed by atoms with E-state index in [4.69, 9.17) is 9.52 Å². The summed E-state index contributed by atoms with van der Waals surface area (Å²) in [4.78, 5) is 25.1. The molecule has 0 bridgehead atoms. The molecule has 1 aliphatic carbocycles. The van der Waals surface area contributed by atoms with Gasteiger partial charge < -0.3 is 14.4 Å². The van der Waals surface area contributed by atoms with Gasteiger partial charge in [0.2, 0.25) is 0 Å². The summed E-state index contributed by atoms with van der Waals surface area (Å²) in [5.41, 5.74) is 0.970. The van der Waals surface area contributed by atoms with Gasteiger partial charge in [0.1, 0.15) is 5.76 Å². The topological polar surface area (TPSA) is 70.8 Å². The predicted octanol–water partition coefficient (Wildman–Crippen LogP) is 2.48. The lowest BCUT2D eigenvalue weighted by molar-refractivity contribution is -0.141. The molecule has 1 saturated carbocycles. The molecule has 110 valence electrons. The molecule has 1 aromatic rings. The lowest BCUT2D eigenvalue weighted by Crippen LogP contribution is -2.38. The summed E-state index contributed by atoms with van der Waals surface area (Å²) >= 11 is 0. The number of aryl methyl sites for hydroxylation is 2. The number of carboxylic acids is 1. The molecule has 0 aromatic carbocycles. The van der Waals surface area contributed by atoms with E-state index in [1.807, 2.05) is 13.8 Å². The Morgan fingerprint density at radius 3 is 2.60 bits per heavy atom. The van der Waals surface area contributed by atoms with Crippen molar-refractivity contribution in [3.8, 4) is 0 Å². The Kier molecular flexibility index (Phi) is 4.16. The molecule has 0 spiro atoms. The van der Waals surface area contributed by atoms with Crippen molar-refractivity contribution in [3.63, 3.8) is 0 Å². The van der Waals surface area contributed by atoms with E-state index in [9.17, 15) is 9.59 Å². The summed E-state index contributed by atoms with van der Waals surface area (Å²) in [5, 5.41) is 9.01. The van der Waals surface area contributed by atoms with Crippen LogP contribution in [0.25, 0.3) is 0 Å². The summed E-state index contributed by atoms with van der Waals surface area (Å²) in [6.45, 7) is 5.75. The summed E-state index contributed by atoms with van der Waals surface area (Å²) in [6, 6.07) is 1.92.